The average Bonchev–Trinajstić information content (AvgIpc) is 2.39. The van der Waals surface area contributed by atoms with Crippen LogP contribution in [-0.4, -0.2) is 26.2 Å². The van der Waals surface area contributed by atoms with Gasteiger partial charge in [-0.1, -0.05) is 24.9 Å². The molecular weight excluding hydrogens is 268 g/mol. The number of carbonyl (C=O) groups excluding carboxylic acids is 1. The zero-order valence-electron chi connectivity index (χ0n) is 11.3. The molecule has 0 aromatic heterocycles. The second kappa shape index (κ2) is 7.21. The molecule has 0 saturated heterocycles. The number of hydrogen-bond donors (Lipinski definition) is 2. The highest BCUT2D eigenvalue weighted by atomic mass is 35.5. The fraction of sp³-hybridized carbons (Fsp3) is 0.462. The minimum atomic E-state index is -0.546. The first kappa shape index (κ1) is 15.6. The highest BCUT2D eigenvalue weighted by Crippen LogP contribution is 2.35. The summed E-state index contributed by atoms with van der Waals surface area (Å²) in [7, 11) is 3.01. The molecule has 5 nitrogen and oxygen atoms in total. The van der Waals surface area contributed by atoms with E-state index in [4.69, 9.17) is 26.8 Å². The molecule has 0 spiro atoms. The minimum absolute atomic E-state index is 0.263. The van der Waals surface area contributed by atoms with Gasteiger partial charge in [0, 0.05) is 6.07 Å². The van der Waals surface area contributed by atoms with Gasteiger partial charge >= 0.3 is 0 Å². The van der Waals surface area contributed by atoms with Crippen LogP contribution in [-0.2, 0) is 4.79 Å². The normalized spacial score (nSPS) is 11.8. The van der Waals surface area contributed by atoms with E-state index in [0.29, 0.717) is 28.6 Å². The number of nitrogens with two attached hydrogens (primary N) is 1. The van der Waals surface area contributed by atoms with Crippen LogP contribution in [0.25, 0.3) is 0 Å². The standard InChI is InChI=1S/C13H19ClN2O3/c1-4-5-9(15)13(17)16-10-6-8(14)11(18-2)7-12(10)19-3/h6-7,9H,4-5,15H2,1-3H3,(H,16,17). The van der Waals surface area contributed by atoms with Crippen molar-refractivity contribution in [2.24, 2.45) is 5.73 Å². The fourth-order valence-corrected chi connectivity index (χ4v) is 1.87. The van der Waals surface area contributed by atoms with Gasteiger partial charge in [-0.15, -0.1) is 0 Å². The van der Waals surface area contributed by atoms with E-state index in [1.54, 1.807) is 12.1 Å². The molecule has 1 rings (SSSR count). The molecule has 1 aromatic rings. The van der Waals surface area contributed by atoms with E-state index in [1.165, 1.54) is 14.2 Å². The number of rotatable bonds is 6. The molecule has 3 N–H and O–H groups in total. The van der Waals surface area contributed by atoms with Gasteiger partial charge in [-0.3, -0.25) is 4.79 Å². The molecule has 0 saturated carbocycles. The Morgan fingerprint density at radius 3 is 2.53 bits per heavy atom. The number of methoxy groups -OCH3 is 2. The maximum atomic E-state index is 11.9. The first-order chi connectivity index (χ1) is 9.03. The number of ether oxygens (including phenoxy) is 2. The molecule has 1 amide bonds. The number of carbonyl (C=O) groups is 1. The summed E-state index contributed by atoms with van der Waals surface area (Å²) in [6.07, 6.45) is 1.47. The Morgan fingerprint density at radius 1 is 1.37 bits per heavy atom. The van der Waals surface area contributed by atoms with Crippen molar-refractivity contribution in [3.63, 3.8) is 0 Å². The lowest BCUT2D eigenvalue weighted by molar-refractivity contribution is -0.117. The molecule has 1 unspecified atom stereocenters. The van der Waals surface area contributed by atoms with Gasteiger partial charge in [0.25, 0.3) is 0 Å². The van der Waals surface area contributed by atoms with Gasteiger partial charge in [0.2, 0.25) is 5.91 Å². The molecule has 0 aliphatic carbocycles. The van der Waals surface area contributed by atoms with E-state index in [-0.39, 0.29) is 5.91 Å². The van der Waals surface area contributed by atoms with Crippen molar-refractivity contribution in [3.05, 3.63) is 17.2 Å². The van der Waals surface area contributed by atoms with Crippen LogP contribution in [0.1, 0.15) is 19.8 Å². The number of benzene rings is 1. The molecule has 0 aliphatic rings. The zero-order chi connectivity index (χ0) is 14.4. The molecule has 19 heavy (non-hydrogen) atoms. The monoisotopic (exact) mass is 286 g/mol. The summed E-state index contributed by atoms with van der Waals surface area (Å²) in [5, 5.41) is 3.10. The maximum absolute atomic E-state index is 11.9. The number of halogens is 1. The molecule has 0 heterocycles. The topological polar surface area (TPSA) is 73.6 Å². The van der Waals surface area contributed by atoms with Crippen molar-refractivity contribution in [2.45, 2.75) is 25.8 Å². The summed E-state index contributed by atoms with van der Waals surface area (Å²) >= 11 is 6.02. The lowest BCUT2D eigenvalue weighted by Crippen LogP contribution is -2.35. The Labute approximate surface area is 118 Å². The van der Waals surface area contributed by atoms with Crippen molar-refractivity contribution in [2.75, 3.05) is 19.5 Å². The van der Waals surface area contributed by atoms with Crippen molar-refractivity contribution in [1.29, 1.82) is 0 Å². The van der Waals surface area contributed by atoms with Crippen molar-refractivity contribution in [3.8, 4) is 11.5 Å². The second-order valence-corrected chi connectivity index (χ2v) is 4.48. The van der Waals surface area contributed by atoms with E-state index in [9.17, 15) is 4.79 Å². The van der Waals surface area contributed by atoms with E-state index >= 15 is 0 Å². The van der Waals surface area contributed by atoms with Crippen molar-refractivity contribution in [1.82, 2.24) is 0 Å². The van der Waals surface area contributed by atoms with Gasteiger partial charge in [0.1, 0.15) is 11.5 Å². The van der Waals surface area contributed by atoms with Crippen molar-refractivity contribution < 1.29 is 14.3 Å². The third kappa shape index (κ3) is 4.01. The molecule has 6 heteroatoms. The van der Waals surface area contributed by atoms with Crippen LogP contribution in [0.3, 0.4) is 0 Å². The lowest BCUT2D eigenvalue weighted by Gasteiger charge is -2.15. The molecule has 106 valence electrons. The Hall–Kier alpha value is -1.46. The van der Waals surface area contributed by atoms with Crippen LogP contribution in [0.15, 0.2) is 12.1 Å². The number of hydrogen-bond acceptors (Lipinski definition) is 4. The Bertz CT molecular complexity index is 452. The van der Waals surface area contributed by atoms with Gasteiger partial charge in [-0.05, 0) is 12.5 Å². The van der Waals surface area contributed by atoms with Gasteiger partial charge in [0.05, 0.1) is 31.0 Å². The zero-order valence-corrected chi connectivity index (χ0v) is 12.1. The van der Waals surface area contributed by atoms with Gasteiger partial charge in [-0.25, -0.2) is 0 Å². The molecule has 0 radical (unpaired) electrons. The average molecular weight is 287 g/mol. The molecule has 0 fully saturated rings. The first-order valence-corrected chi connectivity index (χ1v) is 6.39. The maximum Gasteiger partial charge on any atom is 0.241 e. The number of amides is 1. The molecule has 0 aliphatic heterocycles. The first-order valence-electron chi connectivity index (χ1n) is 6.01. The summed E-state index contributed by atoms with van der Waals surface area (Å²) < 4.78 is 10.3. The largest absolute Gasteiger partial charge is 0.495 e. The van der Waals surface area contributed by atoms with Gasteiger partial charge in [-0.2, -0.15) is 0 Å². The molecule has 1 aromatic carbocycles. The van der Waals surface area contributed by atoms with E-state index in [0.717, 1.165) is 6.42 Å². The van der Waals surface area contributed by atoms with E-state index < -0.39 is 6.04 Å². The fourth-order valence-electron chi connectivity index (χ4n) is 1.63. The molecular formula is C13H19ClN2O3. The highest BCUT2D eigenvalue weighted by Gasteiger charge is 2.16. The highest BCUT2D eigenvalue weighted by molar-refractivity contribution is 6.32. The van der Waals surface area contributed by atoms with Crippen LogP contribution in [0, 0.1) is 0 Å². The summed E-state index contributed by atoms with van der Waals surface area (Å²) in [4.78, 5) is 11.9. The Balaban J connectivity index is 2.94. The van der Waals surface area contributed by atoms with Crippen LogP contribution >= 0.6 is 11.6 Å². The molecule has 1 atom stereocenters. The van der Waals surface area contributed by atoms with E-state index in [1.807, 2.05) is 6.92 Å². The predicted molar refractivity (Wildman–Crippen MR) is 76.1 cm³/mol. The summed E-state index contributed by atoms with van der Waals surface area (Å²) in [6, 6.07) is 2.65. The summed E-state index contributed by atoms with van der Waals surface area (Å²) in [6.45, 7) is 1.97. The van der Waals surface area contributed by atoms with Crippen LogP contribution in [0.2, 0.25) is 5.02 Å². The minimum Gasteiger partial charge on any atom is -0.495 e. The third-order valence-corrected chi connectivity index (χ3v) is 2.96. The van der Waals surface area contributed by atoms with Gasteiger partial charge in [0.15, 0.2) is 0 Å². The Morgan fingerprint density at radius 2 is 2.00 bits per heavy atom. The summed E-state index contributed by atoms with van der Waals surface area (Å²) in [5.74, 6) is 0.689. The van der Waals surface area contributed by atoms with Crippen LogP contribution < -0.4 is 20.5 Å². The summed E-state index contributed by atoms with van der Waals surface area (Å²) in [5.41, 5.74) is 6.23. The van der Waals surface area contributed by atoms with Crippen molar-refractivity contribution >= 4 is 23.2 Å². The quantitative estimate of drug-likeness (QED) is 0.842. The number of anilines is 1. The van der Waals surface area contributed by atoms with Crippen LogP contribution in [0.5, 0.6) is 11.5 Å². The van der Waals surface area contributed by atoms with Crippen LogP contribution in [0.4, 0.5) is 5.69 Å². The smallest absolute Gasteiger partial charge is 0.241 e. The predicted octanol–water partition coefficient (Wildman–Crippen LogP) is 2.42. The SMILES string of the molecule is CCCC(N)C(=O)Nc1cc(Cl)c(OC)cc1OC. The second-order valence-electron chi connectivity index (χ2n) is 4.07. The third-order valence-electron chi connectivity index (χ3n) is 2.67. The Kier molecular flexibility index (Phi) is 5.92. The lowest BCUT2D eigenvalue weighted by atomic mass is 10.1. The van der Waals surface area contributed by atoms with Gasteiger partial charge < -0.3 is 20.5 Å². The molecule has 0 bridgehead atoms. The number of nitrogens with one attached hydrogen (secondary N) is 1. The van der Waals surface area contributed by atoms with E-state index in [2.05, 4.69) is 5.32 Å².